The Balaban J connectivity index is 2.40. The van der Waals surface area contributed by atoms with Crippen molar-refractivity contribution in [1.82, 2.24) is 0 Å². The molecule has 0 saturated carbocycles. The Morgan fingerprint density at radius 1 is 1.50 bits per heavy atom. The van der Waals surface area contributed by atoms with Crippen LogP contribution in [0, 0.1) is 11.3 Å². The third kappa shape index (κ3) is 3.08. The van der Waals surface area contributed by atoms with Crippen molar-refractivity contribution >= 4 is 5.69 Å². The standard InChI is InChI=1S/C11H14N2O/c1-9(8-12)14-7-6-10-4-2-3-5-11(10)13/h2-5,9H,6-7,13H2,1H3. The van der Waals surface area contributed by atoms with Gasteiger partial charge in [-0.1, -0.05) is 18.2 Å². The second-order valence-electron chi connectivity index (χ2n) is 3.09. The number of nitrogen functional groups attached to an aromatic ring is 1. The van der Waals surface area contributed by atoms with Crippen molar-refractivity contribution in [3.05, 3.63) is 29.8 Å². The fourth-order valence-corrected chi connectivity index (χ4v) is 1.14. The van der Waals surface area contributed by atoms with E-state index >= 15 is 0 Å². The minimum Gasteiger partial charge on any atom is -0.399 e. The Kier molecular flexibility index (Phi) is 3.96. The zero-order chi connectivity index (χ0) is 10.4. The quantitative estimate of drug-likeness (QED) is 0.736. The smallest absolute Gasteiger partial charge is 0.141 e. The molecule has 1 aromatic carbocycles. The van der Waals surface area contributed by atoms with Crippen molar-refractivity contribution < 1.29 is 4.74 Å². The zero-order valence-corrected chi connectivity index (χ0v) is 8.23. The Morgan fingerprint density at radius 2 is 2.21 bits per heavy atom. The molecule has 1 rings (SSSR count). The third-order valence-electron chi connectivity index (χ3n) is 1.98. The lowest BCUT2D eigenvalue weighted by molar-refractivity contribution is 0.105. The minimum absolute atomic E-state index is 0.347. The summed E-state index contributed by atoms with van der Waals surface area (Å²) in [5.41, 5.74) is 7.60. The van der Waals surface area contributed by atoms with Crippen LogP contribution in [0.4, 0.5) is 5.69 Å². The highest BCUT2D eigenvalue weighted by Gasteiger charge is 2.00. The third-order valence-corrected chi connectivity index (χ3v) is 1.98. The predicted molar refractivity (Wildman–Crippen MR) is 55.6 cm³/mol. The van der Waals surface area contributed by atoms with Gasteiger partial charge in [-0.3, -0.25) is 0 Å². The molecule has 3 nitrogen and oxygen atoms in total. The van der Waals surface area contributed by atoms with Gasteiger partial charge in [0.05, 0.1) is 12.7 Å². The molecule has 0 fully saturated rings. The first kappa shape index (κ1) is 10.6. The van der Waals surface area contributed by atoms with E-state index < -0.39 is 0 Å². The number of hydrogen-bond donors (Lipinski definition) is 1. The van der Waals surface area contributed by atoms with Crippen LogP contribution in [-0.2, 0) is 11.2 Å². The SMILES string of the molecule is CC(C#N)OCCc1ccccc1N. The first-order valence-electron chi connectivity index (χ1n) is 4.58. The van der Waals surface area contributed by atoms with Crippen LogP contribution < -0.4 is 5.73 Å². The average molecular weight is 190 g/mol. The van der Waals surface area contributed by atoms with Crippen molar-refractivity contribution in [3.63, 3.8) is 0 Å². The Morgan fingerprint density at radius 3 is 2.86 bits per heavy atom. The molecule has 1 unspecified atom stereocenters. The molecule has 0 aliphatic heterocycles. The molecule has 0 amide bonds. The van der Waals surface area contributed by atoms with Crippen LogP contribution in [0.2, 0.25) is 0 Å². The van der Waals surface area contributed by atoms with Crippen molar-refractivity contribution in [3.8, 4) is 6.07 Å². The molecule has 1 atom stereocenters. The van der Waals surface area contributed by atoms with Gasteiger partial charge < -0.3 is 10.5 Å². The van der Waals surface area contributed by atoms with Crippen molar-refractivity contribution in [2.75, 3.05) is 12.3 Å². The van der Waals surface area contributed by atoms with Gasteiger partial charge in [-0.2, -0.15) is 5.26 Å². The molecule has 0 spiro atoms. The molecule has 0 bridgehead atoms. The molecule has 0 aliphatic rings. The molecule has 0 aromatic heterocycles. The van der Waals surface area contributed by atoms with Gasteiger partial charge in [0.2, 0.25) is 0 Å². The molecule has 3 heteroatoms. The van der Waals surface area contributed by atoms with Gasteiger partial charge in [0.1, 0.15) is 6.10 Å². The monoisotopic (exact) mass is 190 g/mol. The van der Waals surface area contributed by atoms with Crippen LogP contribution in [0.15, 0.2) is 24.3 Å². The van der Waals surface area contributed by atoms with Crippen LogP contribution in [0.5, 0.6) is 0 Å². The maximum Gasteiger partial charge on any atom is 0.141 e. The normalized spacial score (nSPS) is 12.0. The predicted octanol–water partition coefficient (Wildman–Crippen LogP) is 1.74. The molecular formula is C11H14N2O. The fraction of sp³-hybridized carbons (Fsp3) is 0.364. The van der Waals surface area contributed by atoms with Crippen molar-refractivity contribution in [2.24, 2.45) is 0 Å². The number of ether oxygens (including phenoxy) is 1. The molecule has 14 heavy (non-hydrogen) atoms. The molecule has 74 valence electrons. The molecule has 0 radical (unpaired) electrons. The van der Waals surface area contributed by atoms with Crippen LogP contribution in [0.1, 0.15) is 12.5 Å². The summed E-state index contributed by atoms with van der Waals surface area (Å²) in [5.74, 6) is 0. The van der Waals surface area contributed by atoms with Gasteiger partial charge in [0.15, 0.2) is 0 Å². The van der Waals surface area contributed by atoms with Crippen LogP contribution in [0.25, 0.3) is 0 Å². The van der Waals surface area contributed by atoms with E-state index in [4.69, 9.17) is 15.7 Å². The summed E-state index contributed by atoms with van der Waals surface area (Å²) >= 11 is 0. The summed E-state index contributed by atoms with van der Waals surface area (Å²) in [6.07, 6.45) is 0.401. The Hall–Kier alpha value is -1.53. The average Bonchev–Trinajstić information content (AvgIpc) is 2.20. The molecule has 2 N–H and O–H groups in total. The van der Waals surface area contributed by atoms with E-state index in [0.29, 0.717) is 6.61 Å². The van der Waals surface area contributed by atoms with Crippen LogP contribution >= 0.6 is 0 Å². The number of nitrogens with two attached hydrogens (primary N) is 1. The highest BCUT2D eigenvalue weighted by Crippen LogP contribution is 2.11. The first-order chi connectivity index (χ1) is 6.74. The molecule has 1 aromatic rings. The van der Waals surface area contributed by atoms with E-state index in [0.717, 1.165) is 17.7 Å². The summed E-state index contributed by atoms with van der Waals surface area (Å²) in [6, 6.07) is 9.69. The van der Waals surface area contributed by atoms with Crippen LogP contribution in [-0.4, -0.2) is 12.7 Å². The van der Waals surface area contributed by atoms with Gasteiger partial charge in [-0.25, -0.2) is 0 Å². The van der Waals surface area contributed by atoms with E-state index in [9.17, 15) is 0 Å². The lowest BCUT2D eigenvalue weighted by Crippen LogP contribution is -2.08. The maximum absolute atomic E-state index is 8.49. The topological polar surface area (TPSA) is 59.0 Å². The summed E-state index contributed by atoms with van der Waals surface area (Å²) in [7, 11) is 0. The zero-order valence-electron chi connectivity index (χ0n) is 8.23. The van der Waals surface area contributed by atoms with Gasteiger partial charge in [0.25, 0.3) is 0 Å². The fourth-order valence-electron chi connectivity index (χ4n) is 1.14. The van der Waals surface area contributed by atoms with Gasteiger partial charge in [-0.05, 0) is 25.0 Å². The summed E-state index contributed by atoms with van der Waals surface area (Å²) in [5, 5.41) is 8.49. The number of anilines is 1. The molecule has 0 aliphatic carbocycles. The number of nitriles is 1. The summed E-state index contributed by atoms with van der Waals surface area (Å²) in [4.78, 5) is 0. The maximum atomic E-state index is 8.49. The molecular weight excluding hydrogens is 176 g/mol. The summed E-state index contributed by atoms with van der Waals surface area (Å²) in [6.45, 7) is 2.26. The Labute approximate surface area is 84.1 Å². The van der Waals surface area contributed by atoms with E-state index in [-0.39, 0.29) is 6.10 Å². The van der Waals surface area contributed by atoms with Gasteiger partial charge in [-0.15, -0.1) is 0 Å². The Bertz CT molecular complexity index is 330. The number of hydrogen-bond acceptors (Lipinski definition) is 3. The van der Waals surface area contributed by atoms with E-state index in [1.807, 2.05) is 30.3 Å². The van der Waals surface area contributed by atoms with E-state index in [1.54, 1.807) is 6.92 Å². The first-order valence-corrected chi connectivity index (χ1v) is 4.58. The van der Waals surface area contributed by atoms with Gasteiger partial charge in [0, 0.05) is 5.69 Å². The lowest BCUT2D eigenvalue weighted by atomic mass is 10.1. The number of benzene rings is 1. The van der Waals surface area contributed by atoms with Crippen molar-refractivity contribution in [1.29, 1.82) is 5.26 Å². The summed E-state index contributed by atoms with van der Waals surface area (Å²) < 4.78 is 5.23. The largest absolute Gasteiger partial charge is 0.399 e. The molecule has 0 saturated heterocycles. The van der Waals surface area contributed by atoms with Crippen LogP contribution in [0.3, 0.4) is 0 Å². The highest BCUT2D eigenvalue weighted by molar-refractivity contribution is 5.46. The lowest BCUT2D eigenvalue weighted by Gasteiger charge is -2.07. The van der Waals surface area contributed by atoms with Crippen molar-refractivity contribution in [2.45, 2.75) is 19.4 Å². The molecule has 0 heterocycles. The minimum atomic E-state index is -0.347. The van der Waals surface area contributed by atoms with E-state index in [2.05, 4.69) is 0 Å². The number of nitrogens with zero attached hydrogens (tertiary/aromatic N) is 1. The van der Waals surface area contributed by atoms with E-state index in [1.165, 1.54) is 0 Å². The van der Waals surface area contributed by atoms with Gasteiger partial charge >= 0.3 is 0 Å². The second kappa shape index (κ2) is 5.25. The number of para-hydroxylation sites is 1. The second-order valence-corrected chi connectivity index (χ2v) is 3.09. The highest BCUT2D eigenvalue weighted by atomic mass is 16.5. The number of rotatable bonds is 4.